The minimum Gasteiger partial charge on any atom is -0.391 e. The summed E-state index contributed by atoms with van der Waals surface area (Å²) in [6.45, 7) is 4.98. The van der Waals surface area contributed by atoms with Gasteiger partial charge >= 0.3 is 0 Å². The summed E-state index contributed by atoms with van der Waals surface area (Å²) >= 11 is 0. The lowest BCUT2D eigenvalue weighted by molar-refractivity contribution is 0.0466. The molecule has 0 bridgehead atoms. The molecule has 1 N–H and O–H groups in total. The van der Waals surface area contributed by atoms with E-state index in [0.29, 0.717) is 12.7 Å². The zero-order valence-electron chi connectivity index (χ0n) is 10.4. The molecular weight excluding hydrogens is 192 g/mol. The van der Waals surface area contributed by atoms with Crippen molar-refractivity contribution in [2.45, 2.75) is 58.2 Å². The molecule has 0 saturated heterocycles. The highest BCUT2D eigenvalue weighted by Gasteiger charge is 2.12. The van der Waals surface area contributed by atoms with E-state index in [2.05, 4.69) is 0 Å². The van der Waals surface area contributed by atoms with Gasteiger partial charge in [0.15, 0.2) is 0 Å². The molecule has 0 radical (unpaired) electrons. The summed E-state index contributed by atoms with van der Waals surface area (Å²) in [6, 6.07) is 0. The maximum Gasteiger partial charge on any atom is 0.0745 e. The molecule has 0 aromatic carbocycles. The normalized spacial score (nSPS) is 18.4. The van der Waals surface area contributed by atoms with Crippen LogP contribution in [0.3, 0.4) is 0 Å². The van der Waals surface area contributed by atoms with Crippen LogP contribution in [0.25, 0.3) is 0 Å². The largest absolute Gasteiger partial charge is 0.391 e. The fraction of sp³-hybridized carbons (Fsp3) is 1.00. The van der Waals surface area contributed by atoms with E-state index in [1.165, 1.54) is 25.7 Å². The molecule has 92 valence electrons. The third kappa shape index (κ3) is 10.2. The molecule has 1 fully saturated rings. The minimum absolute atomic E-state index is 0.318. The van der Waals surface area contributed by atoms with Crippen LogP contribution < -0.4 is 0 Å². The zero-order valence-corrected chi connectivity index (χ0v) is 10.4. The van der Waals surface area contributed by atoms with Gasteiger partial charge in [0.25, 0.3) is 0 Å². The Morgan fingerprint density at radius 1 is 1.33 bits per heavy atom. The van der Waals surface area contributed by atoms with Crippen molar-refractivity contribution in [3.05, 3.63) is 0 Å². The van der Waals surface area contributed by atoms with Crippen LogP contribution in [0.2, 0.25) is 0 Å². The van der Waals surface area contributed by atoms with Crippen molar-refractivity contribution in [2.75, 3.05) is 20.3 Å². The van der Waals surface area contributed by atoms with E-state index < -0.39 is 0 Å². The van der Waals surface area contributed by atoms with Crippen LogP contribution in [-0.2, 0) is 9.47 Å². The molecule has 0 aromatic rings. The Morgan fingerprint density at radius 2 is 1.93 bits per heavy atom. The SMILES string of the molecule is CCCOCC(C)O.COC1CCCC1. The molecule has 3 heteroatoms. The van der Waals surface area contributed by atoms with Crippen molar-refractivity contribution in [1.82, 2.24) is 0 Å². The van der Waals surface area contributed by atoms with Gasteiger partial charge in [0, 0.05) is 13.7 Å². The van der Waals surface area contributed by atoms with E-state index in [1.54, 1.807) is 14.0 Å². The van der Waals surface area contributed by atoms with Gasteiger partial charge in [-0.3, -0.25) is 0 Å². The fourth-order valence-electron chi connectivity index (χ4n) is 1.52. The molecule has 1 atom stereocenters. The summed E-state index contributed by atoms with van der Waals surface area (Å²) in [5, 5.41) is 8.65. The predicted molar refractivity (Wildman–Crippen MR) is 62.1 cm³/mol. The lowest BCUT2D eigenvalue weighted by Crippen LogP contribution is -2.10. The molecule has 1 unspecified atom stereocenters. The molecule has 0 heterocycles. The number of rotatable bonds is 5. The van der Waals surface area contributed by atoms with E-state index in [1.807, 2.05) is 6.92 Å². The number of ether oxygens (including phenoxy) is 2. The minimum atomic E-state index is -0.318. The van der Waals surface area contributed by atoms with Crippen molar-refractivity contribution in [3.8, 4) is 0 Å². The van der Waals surface area contributed by atoms with Crippen molar-refractivity contribution >= 4 is 0 Å². The summed E-state index contributed by atoms with van der Waals surface area (Å²) in [7, 11) is 1.80. The van der Waals surface area contributed by atoms with Crippen LogP contribution in [0.5, 0.6) is 0 Å². The number of aliphatic hydroxyl groups is 1. The average Bonchev–Trinajstić information content (AvgIpc) is 2.71. The third-order valence-corrected chi connectivity index (χ3v) is 2.34. The van der Waals surface area contributed by atoms with E-state index in [0.717, 1.165) is 13.0 Å². The van der Waals surface area contributed by atoms with Crippen molar-refractivity contribution in [1.29, 1.82) is 0 Å². The molecule has 15 heavy (non-hydrogen) atoms. The van der Waals surface area contributed by atoms with Crippen molar-refractivity contribution in [2.24, 2.45) is 0 Å². The maximum absolute atomic E-state index is 8.65. The Morgan fingerprint density at radius 3 is 2.27 bits per heavy atom. The van der Waals surface area contributed by atoms with Gasteiger partial charge in [-0.05, 0) is 26.2 Å². The summed E-state index contributed by atoms with van der Waals surface area (Å²) in [5.41, 5.74) is 0. The van der Waals surface area contributed by atoms with E-state index in [-0.39, 0.29) is 6.10 Å². The van der Waals surface area contributed by atoms with E-state index in [4.69, 9.17) is 14.6 Å². The molecule has 0 aromatic heterocycles. The topological polar surface area (TPSA) is 38.7 Å². The standard InChI is InChI=1S/C6H14O2.C6H12O/c1-3-4-8-5-6(2)7;1-7-6-4-2-3-5-6/h6-7H,3-5H2,1-2H3;6H,2-5H2,1H3. The van der Waals surface area contributed by atoms with Gasteiger partial charge in [-0.2, -0.15) is 0 Å². The first-order valence-electron chi connectivity index (χ1n) is 5.99. The molecule has 0 amide bonds. The third-order valence-electron chi connectivity index (χ3n) is 2.34. The van der Waals surface area contributed by atoms with Gasteiger partial charge in [-0.1, -0.05) is 19.8 Å². The first-order valence-corrected chi connectivity index (χ1v) is 5.99. The quantitative estimate of drug-likeness (QED) is 0.720. The Balaban J connectivity index is 0.000000262. The van der Waals surface area contributed by atoms with E-state index >= 15 is 0 Å². The number of aliphatic hydroxyl groups excluding tert-OH is 1. The van der Waals surface area contributed by atoms with Gasteiger partial charge < -0.3 is 14.6 Å². The number of methoxy groups -OCH3 is 1. The van der Waals surface area contributed by atoms with Crippen molar-refractivity contribution < 1.29 is 14.6 Å². The van der Waals surface area contributed by atoms with Crippen LogP contribution in [-0.4, -0.2) is 37.6 Å². The zero-order chi connectivity index (χ0) is 11.5. The van der Waals surface area contributed by atoms with Crippen molar-refractivity contribution in [3.63, 3.8) is 0 Å². The molecule has 3 nitrogen and oxygen atoms in total. The predicted octanol–water partition coefficient (Wildman–Crippen LogP) is 2.37. The Labute approximate surface area is 93.8 Å². The Bertz CT molecular complexity index is 120. The lowest BCUT2D eigenvalue weighted by Gasteiger charge is -2.02. The van der Waals surface area contributed by atoms with Gasteiger partial charge in [0.05, 0.1) is 18.8 Å². The van der Waals surface area contributed by atoms with Gasteiger partial charge in [-0.15, -0.1) is 0 Å². The monoisotopic (exact) mass is 218 g/mol. The molecule has 1 aliphatic rings. The second kappa shape index (κ2) is 10.4. The Hall–Kier alpha value is -0.120. The highest BCUT2D eigenvalue weighted by molar-refractivity contribution is 4.65. The average molecular weight is 218 g/mol. The molecule has 0 spiro atoms. The van der Waals surface area contributed by atoms with Crippen LogP contribution >= 0.6 is 0 Å². The molecule has 0 aliphatic heterocycles. The molecular formula is C12H26O3. The second-order valence-electron chi connectivity index (χ2n) is 4.07. The lowest BCUT2D eigenvalue weighted by atomic mass is 10.3. The highest BCUT2D eigenvalue weighted by Crippen LogP contribution is 2.19. The van der Waals surface area contributed by atoms with Crippen LogP contribution in [0, 0.1) is 0 Å². The van der Waals surface area contributed by atoms with Crippen LogP contribution in [0.15, 0.2) is 0 Å². The number of hydrogen-bond donors (Lipinski definition) is 1. The summed E-state index contributed by atoms with van der Waals surface area (Å²) < 4.78 is 10.1. The van der Waals surface area contributed by atoms with E-state index in [9.17, 15) is 0 Å². The molecule has 1 rings (SSSR count). The molecule has 1 aliphatic carbocycles. The first kappa shape index (κ1) is 14.9. The highest BCUT2D eigenvalue weighted by atomic mass is 16.5. The van der Waals surface area contributed by atoms with Crippen LogP contribution in [0.4, 0.5) is 0 Å². The summed E-state index contributed by atoms with van der Waals surface area (Å²) in [6.07, 6.45) is 6.62. The second-order valence-corrected chi connectivity index (χ2v) is 4.07. The van der Waals surface area contributed by atoms with Gasteiger partial charge in [0.2, 0.25) is 0 Å². The van der Waals surface area contributed by atoms with Gasteiger partial charge in [0.1, 0.15) is 0 Å². The maximum atomic E-state index is 8.65. The number of hydrogen-bond acceptors (Lipinski definition) is 3. The molecule has 1 saturated carbocycles. The summed E-state index contributed by atoms with van der Waals surface area (Å²) in [4.78, 5) is 0. The first-order chi connectivity index (χ1) is 7.20. The smallest absolute Gasteiger partial charge is 0.0745 e. The van der Waals surface area contributed by atoms with Gasteiger partial charge in [-0.25, -0.2) is 0 Å². The fourth-order valence-corrected chi connectivity index (χ4v) is 1.52. The Kier molecular flexibility index (Phi) is 10.3. The van der Waals surface area contributed by atoms with Crippen LogP contribution in [0.1, 0.15) is 46.0 Å². The summed E-state index contributed by atoms with van der Waals surface area (Å²) in [5.74, 6) is 0.